The Labute approximate surface area is 86.0 Å². The molecule has 0 aromatic heterocycles. The Hall–Kier alpha value is -1.30. The molecule has 2 atom stereocenters. The summed E-state index contributed by atoms with van der Waals surface area (Å²) in [4.78, 5) is 0. The summed E-state index contributed by atoms with van der Waals surface area (Å²) in [5, 5.41) is 0. The molecule has 2 rings (SSSR count). The largest absolute Gasteiger partial charge is 0.0811 e. The Bertz CT molecular complexity index is 357. The average molecular weight is 184 g/mol. The maximum Gasteiger partial charge on any atom is -0.0124 e. The van der Waals surface area contributed by atoms with Crippen LogP contribution in [0.15, 0.2) is 48.6 Å². The van der Waals surface area contributed by atoms with Crippen molar-refractivity contribution in [2.45, 2.75) is 13.8 Å². The van der Waals surface area contributed by atoms with Gasteiger partial charge in [0.15, 0.2) is 0 Å². The lowest BCUT2D eigenvalue weighted by molar-refractivity contribution is 0.568. The molecule has 0 aliphatic heterocycles. The maximum atomic E-state index is 2.30. The van der Waals surface area contributed by atoms with E-state index < -0.39 is 0 Å². The lowest BCUT2D eigenvalue weighted by Crippen LogP contribution is -2.10. The zero-order valence-electron chi connectivity index (χ0n) is 8.77. The van der Waals surface area contributed by atoms with Crippen molar-refractivity contribution in [1.29, 1.82) is 0 Å². The van der Waals surface area contributed by atoms with Gasteiger partial charge < -0.3 is 0 Å². The van der Waals surface area contributed by atoms with Crippen LogP contribution in [0.25, 0.3) is 5.57 Å². The molecule has 2 unspecified atom stereocenters. The molecule has 0 heterocycles. The van der Waals surface area contributed by atoms with Gasteiger partial charge in [-0.1, -0.05) is 62.4 Å². The van der Waals surface area contributed by atoms with E-state index >= 15 is 0 Å². The van der Waals surface area contributed by atoms with Crippen LogP contribution in [0.4, 0.5) is 0 Å². The number of rotatable bonds is 1. The lowest BCUT2D eigenvalue weighted by atomic mass is 9.81. The molecule has 0 fully saturated rings. The highest BCUT2D eigenvalue weighted by molar-refractivity contribution is 5.70. The molecule has 0 radical (unpaired) electrons. The third kappa shape index (κ3) is 1.65. The summed E-state index contributed by atoms with van der Waals surface area (Å²) in [5.74, 6) is 1.28. The van der Waals surface area contributed by atoms with E-state index in [1.54, 1.807) is 0 Å². The van der Waals surface area contributed by atoms with Crippen molar-refractivity contribution in [2.24, 2.45) is 11.8 Å². The standard InChI is InChI=1S/C14H16/c1-11-7-6-10-14(12(11)2)13-8-4-3-5-9-13/h3-12H,1-2H3. The Kier molecular flexibility index (Phi) is 2.53. The summed E-state index contributed by atoms with van der Waals surface area (Å²) in [6.07, 6.45) is 6.68. The molecule has 0 saturated carbocycles. The van der Waals surface area contributed by atoms with Crippen molar-refractivity contribution < 1.29 is 0 Å². The second-order valence-electron chi connectivity index (χ2n) is 4.02. The monoisotopic (exact) mass is 184 g/mol. The molecule has 0 amide bonds. The van der Waals surface area contributed by atoms with Crippen LogP contribution in [0.1, 0.15) is 19.4 Å². The van der Waals surface area contributed by atoms with Gasteiger partial charge in [-0.3, -0.25) is 0 Å². The first kappa shape index (κ1) is 9.26. The molecule has 1 aromatic rings. The minimum absolute atomic E-state index is 0.627. The molecule has 0 heteroatoms. The van der Waals surface area contributed by atoms with Crippen molar-refractivity contribution >= 4 is 5.57 Å². The SMILES string of the molecule is CC1C=CC=C(c2ccccc2)C1C. The minimum Gasteiger partial charge on any atom is -0.0811 e. The van der Waals surface area contributed by atoms with Crippen LogP contribution in [0.5, 0.6) is 0 Å². The molecule has 0 saturated heterocycles. The van der Waals surface area contributed by atoms with Crippen molar-refractivity contribution in [3.8, 4) is 0 Å². The Morgan fingerprint density at radius 3 is 2.43 bits per heavy atom. The molecular formula is C14H16. The smallest absolute Gasteiger partial charge is 0.0124 e. The van der Waals surface area contributed by atoms with Crippen molar-refractivity contribution in [3.63, 3.8) is 0 Å². The lowest BCUT2D eigenvalue weighted by Gasteiger charge is -2.23. The van der Waals surface area contributed by atoms with Gasteiger partial charge in [0, 0.05) is 0 Å². The van der Waals surface area contributed by atoms with Gasteiger partial charge in [0.25, 0.3) is 0 Å². The Morgan fingerprint density at radius 2 is 1.71 bits per heavy atom. The van der Waals surface area contributed by atoms with Crippen molar-refractivity contribution in [3.05, 3.63) is 54.1 Å². The molecule has 0 N–H and O–H groups in total. The highest BCUT2D eigenvalue weighted by Gasteiger charge is 2.17. The van der Waals surface area contributed by atoms with Gasteiger partial charge in [-0.25, -0.2) is 0 Å². The molecule has 0 bridgehead atoms. The highest BCUT2D eigenvalue weighted by Crippen LogP contribution is 2.32. The van der Waals surface area contributed by atoms with E-state index in [-0.39, 0.29) is 0 Å². The van der Waals surface area contributed by atoms with E-state index in [4.69, 9.17) is 0 Å². The zero-order valence-corrected chi connectivity index (χ0v) is 8.77. The Morgan fingerprint density at radius 1 is 1.00 bits per heavy atom. The fraction of sp³-hybridized carbons (Fsp3) is 0.286. The minimum atomic E-state index is 0.627. The van der Waals surface area contributed by atoms with E-state index in [0.717, 1.165) is 0 Å². The van der Waals surface area contributed by atoms with Gasteiger partial charge in [-0.2, -0.15) is 0 Å². The number of benzene rings is 1. The molecule has 0 nitrogen and oxygen atoms in total. The molecule has 14 heavy (non-hydrogen) atoms. The quantitative estimate of drug-likeness (QED) is 0.620. The van der Waals surface area contributed by atoms with Crippen LogP contribution >= 0.6 is 0 Å². The van der Waals surface area contributed by atoms with Crippen LogP contribution in [-0.4, -0.2) is 0 Å². The second kappa shape index (κ2) is 3.83. The predicted octanol–water partition coefficient (Wildman–Crippen LogP) is 3.91. The first-order valence-corrected chi connectivity index (χ1v) is 5.23. The van der Waals surface area contributed by atoms with E-state index in [0.29, 0.717) is 11.8 Å². The third-order valence-corrected chi connectivity index (χ3v) is 3.08. The summed E-state index contributed by atoms with van der Waals surface area (Å²) < 4.78 is 0. The van der Waals surface area contributed by atoms with Gasteiger partial charge in [0.05, 0.1) is 0 Å². The molecular weight excluding hydrogens is 168 g/mol. The summed E-state index contributed by atoms with van der Waals surface area (Å²) in [6.45, 7) is 4.57. The molecule has 1 aromatic carbocycles. The number of allylic oxidation sites excluding steroid dienone is 4. The summed E-state index contributed by atoms with van der Waals surface area (Å²) in [7, 11) is 0. The first-order chi connectivity index (χ1) is 6.79. The van der Waals surface area contributed by atoms with Crippen LogP contribution < -0.4 is 0 Å². The predicted molar refractivity (Wildman–Crippen MR) is 61.9 cm³/mol. The fourth-order valence-electron chi connectivity index (χ4n) is 1.93. The van der Waals surface area contributed by atoms with Crippen LogP contribution in [0.3, 0.4) is 0 Å². The first-order valence-electron chi connectivity index (χ1n) is 5.23. The van der Waals surface area contributed by atoms with E-state index in [1.807, 2.05) is 0 Å². The number of hydrogen-bond acceptors (Lipinski definition) is 0. The van der Waals surface area contributed by atoms with Gasteiger partial charge in [0.1, 0.15) is 0 Å². The van der Waals surface area contributed by atoms with Crippen molar-refractivity contribution in [2.75, 3.05) is 0 Å². The average Bonchev–Trinajstić information content (AvgIpc) is 2.23. The summed E-state index contributed by atoms with van der Waals surface area (Å²) in [6, 6.07) is 10.6. The maximum absolute atomic E-state index is 2.30. The van der Waals surface area contributed by atoms with Gasteiger partial charge in [0.2, 0.25) is 0 Å². The second-order valence-corrected chi connectivity index (χ2v) is 4.02. The zero-order chi connectivity index (χ0) is 9.97. The van der Waals surface area contributed by atoms with Crippen LogP contribution in [0.2, 0.25) is 0 Å². The van der Waals surface area contributed by atoms with Gasteiger partial charge >= 0.3 is 0 Å². The Balaban J connectivity index is 2.35. The van der Waals surface area contributed by atoms with Gasteiger partial charge in [-0.05, 0) is 23.0 Å². The highest BCUT2D eigenvalue weighted by atomic mass is 14.2. The van der Waals surface area contributed by atoms with Crippen molar-refractivity contribution in [1.82, 2.24) is 0 Å². The topological polar surface area (TPSA) is 0 Å². The van der Waals surface area contributed by atoms with E-state index in [1.165, 1.54) is 11.1 Å². The molecule has 1 aliphatic carbocycles. The van der Waals surface area contributed by atoms with Crippen LogP contribution in [-0.2, 0) is 0 Å². The van der Waals surface area contributed by atoms with Gasteiger partial charge in [-0.15, -0.1) is 0 Å². The van der Waals surface area contributed by atoms with Crippen LogP contribution in [0, 0.1) is 11.8 Å². The van der Waals surface area contributed by atoms with E-state index in [9.17, 15) is 0 Å². The summed E-state index contributed by atoms with van der Waals surface area (Å²) in [5.41, 5.74) is 2.82. The van der Waals surface area contributed by atoms with E-state index in [2.05, 4.69) is 62.4 Å². The molecule has 1 aliphatic rings. The number of hydrogen-bond donors (Lipinski definition) is 0. The summed E-state index contributed by atoms with van der Waals surface area (Å²) >= 11 is 0. The fourth-order valence-corrected chi connectivity index (χ4v) is 1.93. The third-order valence-electron chi connectivity index (χ3n) is 3.08. The normalized spacial score (nSPS) is 26.0. The molecule has 0 spiro atoms. The molecule has 72 valence electrons.